The monoisotopic (exact) mass is 237 g/mol. The van der Waals surface area contributed by atoms with E-state index in [4.69, 9.17) is 0 Å². The molecule has 96 valence electrons. The van der Waals surface area contributed by atoms with Gasteiger partial charge in [-0.1, -0.05) is 32.9 Å². The third kappa shape index (κ3) is 5.83. The zero-order chi connectivity index (χ0) is 12.7. The minimum Gasteiger partial charge on any atom is -0.317 e. The smallest absolute Gasteiger partial charge is 0.123 e. The first-order chi connectivity index (χ1) is 8.03. The van der Waals surface area contributed by atoms with Crippen molar-refractivity contribution in [3.05, 3.63) is 35.6 Å². The minimum atomic E-state index is -0.137. The summed E-state index contributed by atoms with van der Waals surface area (Å²) in [6.07, 6.45) is 3.21. The fourth-order valence-corrected chi connectivity index (χ4v) is 2.02. The second kappa shape index (κ2) is 6.75. The van der Waals surface area contributed by atoms with Gasteiger partial charge in [-0.05, 0) is 55.5 Å². The van der Waals surface area contributed by atoms with Crippen molar-refractivity contribution in [1.82, 2.24) is 5.32 Å². The Balaban J connectivity index is 2.42. The highest BCUT2D eigenvalue weighted by atomic mass is 19.1. The Kier molecular flexibility index (Phi) is 5.63. The summed E-state index contributed by atoms with van der Waals surface area (Å²) in [5.74, 6) is -0.137. The molecule has 1 aromatic rings. The van der Waals surface area contributed by atoms with Gasteiger partial charge in [0.2, 0.25) is 0 Å². The summed E-state index contributed by atoms with van der Waals surface area (Å²) in [5.41, 5.74) is 1.31. The van der Waals surface area contributed by atoms with Gasteiger partial charge in [0, 0.05) is 0 Å². The number of hydrogen-bond acceptors (Lipinski definition) is 1. The topological polar surface area (TPSA) is 12.0 Å². The van der Waals surface area contributed by atoms with Crippen molar-refractivity contribution in [1.29, 1.82) is 0 Å². The fraction of sp³-hybridized carbons (Fsp3) is 0.600. The van der Waals surface area contributed by atoms with Gasteiger partial charge in [-0.2, -0.15) is 0 Å². The molecule has 17 heavy (non-hydrogen) atoms. The molecular formula is C15H24FN. The first-order valence-electron chi connectivity index (χ1n) is 6.49. The fourth-order valence-electron chi connectivity index (χ4n) is 2.02. The molecule has 1 N–H and O–H groups in total. The number of benzene rings is 1. The molecule has 0 aliphatic rings. The summed E-state index contributed by atoms with van der Waals surface area (Å²) in [4.78, 5) is 0. The second-order valence-electron chi connectivity index (χ2n) is 5.47. The van der Waals surface area contributed by atoms with E-state index in [-0.39, 0.29) is 11.2 Å². The zero-order valence-electron chi connectivity index (χ0n) is 11.2. The molecule has 0 aliphatic carbocycles. The molecule has 0 atom stereocenters. The van der Waals surface area contributed by atoms with Crippen LogP contribution in [0.2, 0.25) is 0 Å². The average Bonchev–Trinajstić information content (AvgIpc) is 2.24. The number of hydrogen-bond donors (Lipinski definition) is 1. The summed E-state index contributed by atoms with van der Waals surface area (Å²) >= 11 is 0. The van der Waals surface area contributed by atoms with Crippen LogP contribution in [0.4, 0.5) is 4.39 Å². The van der Waals surface area contributed by atoms with Crippen LogP contribution in [0.1, 0.15) is 39.2 Å². The largest absolute Gasteiger partial charge is 0.317 e. The van der Waals surface area contributed by atoms with Crippen molar-refractivity contribution in [3.8, 4) is 0 Å². The summed E-state index contributed by atoms with van der Waals surface area (Å²) in [7, 11) is 0. The van der Waals surface area contributed by atoms with Gasteiger partial charge in [0.25, 0.3) is 0 Å². The van der Waals surface area contributed by atoms with Crippen LogP contribution in [0.5, 0.6) is 0 Å². The van der Waals surface area contributed by atoms with Crippen LogP contribution < -0.4 is 5.32 Å². The second-order valence-corrected chi connectivity index (χ2v) is 5.47. The normalized spacial score (nSPS) is 11.8. The lowest BCUT2D eigenvalue weighted by atomic mass is 9.82. The molecule has 1 nitrogen and oxygen atoms in total. The predicted octanol–water partition coefficient (Wildman–Crippen LogP) is 3.78. The summed E-state index contributed by atoms with van der Waals surface area (Å²) in [6, 6.07) is 6.93. The Labute approximate surface area is 104 Å². The molecule has 1 rings (SSSR count). The van der Waals surface area contributed by atoms with Crippen LogP contribution in [0.25, 0.3) is 0 Å². The summed E-state index contributed by atoms with van der Waals surface area (Å²) < 4.78 is 13.1. The van der Waals surface area contributed by atoms with Crippen LogP contribution >= 0.6 is 0 Å². The average molecular weight is 237 g/mol. The Bertz CT molecular complexity index is 333. The van der Waals surface area contributed by atoms with E-state index < -0.39 is 0 Å². The lowest BCUT2D eigenvalue weighted by Gasteiger charge is -2.25. The van der Waals surface area contributed by atoms with Gasteiger partial charge in [-0.25, -0.2) is 4.39 Å². The number of rotatable bonds is 7. The van der Waals surface area contributed by atoms with Crippen LogP contribution in [-0.4, -0.2) is 13.1 Å². The maximum atomic E-state index is 13.1. The van der Waals surface area contributed by atoms with Gasteiger partial charge in [0.05, 0.1) is 0 Å². The summed E-state index contributed by atoms with van der Waals surface area (Å²) in [6.45, 7) is 8.77. The highest BCUT2D eigenvalue weighted by Crippen LogP contribution is 2.25. The SMILES string of the molecule is CCCNCCC(C)(C)Cc1cccc(F)c1. The van der Waals surface area contributed by atoms with Crippen molar-refractivity contribution >= 4 is 0 Å². The van der Waals surface area contributed by atoms with E-state index in [9.17, 15) is 4.39 Å². The molecule has 0 amide bonds. The molecular weight excluding hydrogens is 213 g/mol. The molecule has 2 heteroatoms. The van der Waals surface area contributed by atoms with Crippen molar-refractivity contribution in [2.75, 3.05) is 13.1 Å². The van der Waals surface area contributed by atoms with Gasteiger partial charge in [-0.3, -0.25) is 0 Å². The standard InChI is InChI=1S/C15H24FN/c1-4-9-17-10-8-15(2,3)12-13-6-5-7-14(16)11-13/h5-7,11,17H,4,8-10,12H2,1-3H3. The third-order valence-corrected chi connectivity index (χ3v) is 2.98. The van der Waals surface area contributed by atoms with Gasteiger partial charge in [-0.15, -0.1) is 0 Å². The maximum absolute atomic E-state index is 13.1. The van der Waals surface area contributed by atoms with Crippen molar-refractivity contribution in [2.45, 2.75) is 40.0 Å². The molecule has 0 fully saturated rings. The lowest BCUT2D eigenvalue weighted by molar-refractivity contribution is 0.325. The molecule has 0 spiro atoms. The van der Waals surface area contributed by atoms with E-state index >= 15 is 0 Å². The van der Waals surface area contributed by atoms with E-state index in [1.54, 1.807) is 12.1 Å². The minimum absolute atomic E-state index is 0.137. The van der Waals surface area contributed by atoms with Crippen molar-refractivity contribution in [3.63, 3.8) is 0 Å². The Morgan fingerprint density at radius 2 is 2.00 bits per heavy atom. The Morgan fingerprint density at radius 1 is 1.24 bits per heavy atom. The lowest BCUT2D eigenvalue weighted by Crippen LogP contribution is -2.24. The summed E-state index contributed by atoms with van der Waals surface area (Å²) in [5, 5.41) is 3.41. The number of halogens is 1. The van der Waals surface area contributed by atoms with Gasteiger partial charge in [0.1, 0.15) is 5.82 Å². The van der Waals surface area contributed by atoms with Crippen LogP contribution in [0, 0.1) is 11.2 Å². The zero-order valence-corrected chi connectivity index (χ0v) is 11.2. The molecule has 0 saturated carbocycles. The highest BCUT2D eigenvalue weighted by Gasteiger charge is 2.18. The molecule has 0 unspecified atom stereocenters. The van der Waals surface area contributed by atoms with Crippen molar-refractivity contribution in [2.24, 2.45) is 5.41 Å². The molecule has 0 aromatic heterocycles. The van der Waals surface area contributed by atoms with E-state index in [2.05, 4.69) is 26.1 Å². The van der Waals surface area contributed by atoms with Crippen molar-refractivity contribution < 1.29 is 4.39 Å². The molecule has 0 radical (unpaired) electrons. The molecule has 0 aliphatic heterocycles. The molecule has 0 bridgehead atoms. The first-order valence-corrected chi connectivity index (χ1v) is 6.49. The predicted molar refractivity (Wildman–Crippen MR) is 71.7 cm³/mol. The maximum Gasteiger partial charge on any atom is 0.123 e. The van der Waals surface area contributed by atoms with E-state index in [1.807, 2.05) is 6.07 Å². The molecule has 1 aromatic carbocycles. The van der Waals surface area contributed by atoms with Crippen LogP contribution in [-0.2, 0) is 6.42 Å². The van der Waals surface area contributed by atoms with Gasteiger partial charge >= 0.3 is 0 Å². The number of nitrogens with one attached hydrogen (secondary N) is 1. The van der Waals surface area contributed by atoms with Gasteiger partial charge < -0.3 is 5.32 Å². The van der Waals surface area contributed by atoms with Crippen LogP contribution in [0.3, 0.4) is 0 Å². The quantitative estimate of drug-likeness (QED) is 0.712. The van der Waals surface area contributed by atoms with E-state index in [1.165, 1.54) is 12.5 Å². The molecule has 0 heterocycles. The van der Waals surface area contributed by atoms with Gasteiger partial charge in [0.15, 0.2) is 0 Å². The van der Waals surface area contributed by atoms with E-state index in [0.717, 1.165) is 31.5 Å². The van der Waals surface area contributed by atoms with E-state index in [0.29, 0.717) is 0 Å². The van der Waals surface area contributed by atoms with Crippen LogP contribution in [0.15, 0.2) is 24.3 Å². The third-order valence-electron chi connectivity index (χ3n) is 2.98. The highest BCUT2D eigenvalue weighted by molar-refractivity contribution is 5.17. The first kappa shape index (κ1) is 14.2. The Hall–Kier alpha value is -0.890. The molecule has 0 saturated heterocycles. The Morgan fingerprint density at radius 3 is 2.65 bits per heavy atom.